The second-order valence-corrected chi connectivity index (χ2v) is 4.84. The van der Waals surface area contributed by atoms with Crippen LogP contribution in [0.1, 0.15) is 5.76 Å². The molecule has 1 aromatic carbocycles. The zero-order chi connectivity index (χ0) is 17.1. The fraction of sp³-hybridized carbons (Fsp3) is 0.250. The standard InChI is InChI=1S/C16H17N3O5.ClH/c1-20-12-5-9(6-13(21-2)14(12)22-3)15-18-16(24-19-15)10-4-11(7-17)23-8-10;/h4-6,8H,7,17H2,1-3H3;1H. The van der Waals surface area contributed by atoms with Crippen LogP contribution in [0.3, 0.4) is 0 Å². The molecule has 0 aliphatic carbocycles. The number of hydrogen-bond donors (Lipinski definition) is 1. The van der Waals surface area contributed by atoms with E-state index in [0.717, 1.165) is 0 Å². The highest BCUT2D eigenvalue weighted by Crippen LogP contribution is 2.40. The monoisotopic (exact) mass is 367 g/mol. The van der Waals surface area contributed by atoms with Crippen molar-refractivity contribution in [1.82, 2.24) is 10.1 Å². The van der Waals surface area contributed by atoms with Crippen molar-refractivity contribution in [1.29, 1.82) is 0 Å². The van der Waals surface area contributed by atoms with Gasteiger partial charge in [-0.15, -0.1) is 12.4 Å². The molecule has 0 unspecified atom stereocenters. The first kappa shape index (κ1) is 18.6. The van der Waals surface area contributed by atoms with Gasteiger partial charge < -0.3 is 28.9 Å². The molecule has 0 amide bonds. The van der Waals surface area contributed by atoms with Gasteiger partial charge in [0.25, 0.3) is 5.89 Å². The van der Waals surface area contributed by atoms with E-state index >= 15 is 0 Å². The van der Waals surface area contributed by atoms with Gasteiger partial charge in [0, 0.05) is 5.56 Å². The Kier molecular flexibility index (Phi) is 5.89. The molecule has 8 nitrogen and oxygen atoms in total. The second kappa shape index (κ2) is 7.91. The molecule has 0 atom stereocenters. The van der Waals surface area contributed by atoms with E-state index in [1.54, 1.807) is 39.5 Å². The predicted octanol–water partition coefficient (Wildman–Crippen LogP) is 2.90. The minimum Gasteiger partial charge on any atom is -0.493 e. The summed E-state index contributed by atoms with van der Waals surface area (Å²) in [5.41, 5.74) is 6.87. The number of ether oxygens (including phenoxy) is 3. The fourth-order valence-corrected chi connectivity index (χ4v) is 2.27. The van der Waals surface area contributed by atoms with Crippen molar-refractivity contribution in [3.8, 4) is 40.1 Å². The lowest BCUT2D eigenvalue weighted by atomic mass is 10.1. The van der Waals surface area contributed by atoms with Crippen LogP contribution in [0.15, 0.2) is 33.4 Å². The van der Waals surface area contributed by atoms with Gasteiger partial charge in [0.1, 0.15) is 12.0 Å². The van der Waals surface area contributed by atoms with Gasteiger partial charge in [-0.1, -0.05) is 5.16 Å². The van der Waals surface area contributed by atoms with Crippen LogP contribution in [0.25, 0.3) is 22.8 Å². The smallest absolute Gasteiger partial charge is 0.261 e. The Morgan fingerprint density at radius 2 is 1.68 bits per heavy atom. The summed E-state index contributed by atoms with van der Waals surface area (Å²) in [5, 5.41) is 3.99. The Morgan fingerprint density at radius 1 is 1.00 bits per heavy atom. The minimum absolute atomic E-state index is 0. The number of aromatic nitrogens is 2. The summed E-state index contributed by atoms with van der Waals surface area (Å²) >= 11 is 0. The van der Waals surface area contributed by atoms with Crippen LogP contribution in [0.5, 0.6) is 17.2 Å². The maximum Gasteiger partial charge on any atom is 0.261 e. The zero-order valence-electron chi connectivity index (χ0n) is 13.9. The average Bonchev–Trinajstić information content (AvgIpc) is 3.29. The Bertz CT molecular complexity index is 821. The highest BCUT2D eigenvalue weighted by Gasteiger charge is 2.18. The lowest BCUT2D eigenvalue weighted by Gasteiger charge is -2.12. The van der Waals surface area contributed by atoms with E-state index < -0.39 is 0 Å². The number of rotatable bonds is 6. The predicted molar refractivity (Wildman–Crippen MR) is 92.2 cm³/mol. The molecule has 0 radical (unpaired) electrons. The molecule has 0 spiro atoms. The van der Waals surface area contributed by atoms with Gasteiger partial charge in [-0.2, -0.15) is 4.98 Å². The molecule has 3 aromatic rings. The third-order valence-electron chi connectivity index (χ3n) is 3.45. The summed E-state index contributed by atoms with van der Waals surface area (Å²) in [6.07, 6.45) is 1.52. The minimum atomic E-state index is 0. The van der Waals surface area contributed by atoms with Gasteiger partial charge >= 0.3 is 0 Å². The molecule has 0 saturated heterocycles. The van der Waals surface area contributed by atoms with E-state index in [0.29, 0.717) is 52.4 Å². The molecule has 0 saturated carbocycles. The van der Waals surface area contributed by atoms with Gasteiger partial charge in [-0.05, 0) is 18.2 Å². The first-order chi connectivity index (χ1) is 11.7. The maximum atomic E-state index is 5.53. The molecule has 0 fully saturated rings. The van der Waals surface area contributed by atoms with E-state index in [4.69, 9.17) is 28.9 Å². The lowest BCUT2D eigenvalue weighted by molar-refractivity contribution is 0.324. The number of hydrogen-bond acceptors (Lipinski definition) is 8. The van der Waals surface area contributed by atoms with Crippen LogP contribution in [0.4, 0.5) is 0 Å². The van der Waals surface area contributed by atoms with E-state index in [1.807, 2.05) is 0 Å². The number of methoxy groups -OCH3 is 3. The van der Waals surface area contributed by atoms with Crippen molar-refractivity contribution in [2.24, 2.45) is 5.73 Å². The Hall–Kier alpha value is -2.71. The molecular formula is C16H18ClN3O5. The van der Waals surface area contributed by atoms with Crippen LogP contribution in [-0.4, -0.2) is 31.5 Å². The molecule has 2 heterocycles. The summed E-state index contributed by atoms with van der Waals surface area (Å²) in [5.74, 6) is 2.87. The molecule has 2 N–H and O–H groups in total. The van der Waals surface area contributed by atoms with E-state index in [1.165, 1.54) is 6.26 Å². The average molecular weight is 368 g/mol. The number of nitrogens with two attached hydrogens (primary N) is 1. The lowest BCUT2D eigenvalue weighted by Crippen LogP contribution is -1.96. The molecule has 9 heteroatoms. The topological polar surface area (TPSA) is 106 Å². The second-order valence-electron chi connectivity index (χ2n) is 4.84. The molecule has 0 aliphatic heterocycles. The SMILES string of the molecule is COc1cc(-c2noc(-c3coc(CN)c3)n2)cc(OC)c1OC.Cl. The number of benzene rings is 1. The normalized spacial score (nSPS) is 10.2. The molecular weight excluding hydrogens is 350 g/mol. The summed E-state index contributed by atoms with van der Waals surface area (Å²) in [4.78, 5) is 4.37. The molecule has 0 bridgehead atoms. The van der Waals surface area contributed by atoms with Gasteiger partial charge in [0.2, 0.25) is 11.6 Å². The highest BCUT2D eigenvalue weighted by molar-refractivity contribution is 5.85. The van der Waals surface area contributed by atoms with Crippen molar-refractivity contribution in [3.05, 3.63) is 30.2 Å². The summed E-state index contributed by atoms with van der Waals surface area (Å²) in [6.45, 7) is 0.299. The van der Waals surface area contributed by atoms with Gasteiger partial charge in [-0.25, -0.2) is 0 Å². The summed E-state index contributed by atoms with van der Waals surface area (Å²) < 4.78 is 26.5. The van der Waals surface area contributed by atoms with Gasteiger partial charge in [0.15, 0.2) is 11.5 Å². The van der Waals surface area contributed by atoms with Crippen molar-refractivity contribution < 1.29 is 23.2 Å². The van der Waals surface area contributed by atoms with Crippen LogP contribution in [0, 0.1) is 0 Å². The molecule has 134 valence electrons. The first-order valence-electron chi connectivity index (χ1n) is 7.12. The summed E-state index contributed by atoms with van der Waals surface area (Å²) in [6, 6.07) is 5.25. The number of halogens is 1. The van der Waals surface area contributed by atoms with Gasteiger partial charge in [-0.3, -0.25) is 0 Å². The number of furan rings is 1. The van der Waals surface area contributed by atoms with E-state index in [2.05, 4.69) is 10.1 Å². The molecule has 0 aliphatic rings. The third-order valence-corrected chi connectivity index (χ3v) is 3.45. The largest absolute Gasteiger partial charge is 0.493 e. The Labute approximate surface area is 150 Å². The van der Waals surface area contributed by atoms with Gasteiger partial charge in [0.05, 0.1) is 33.4 Å². The maximum absolute atomic E-state index is 5.53. The first-order valence-corrected chi connectivity index (χ1v) is 7.12. The van der Waals surface area contributed by atoms with Crippen LogP contribution in [-0.2, 0) is 6.54 Å². The zero-order valence-corrected chi connectivity index (χ0v) is 14.8. The summed E-state index contributed by atoms with van der Waals surface area (Å²) in [7, 11) is 4.63. The van der Waals surface area contributed by atoms with Crippen LogP contribution in [0.2, 0.25) is 0 Å². The third kappa shape index (κ3) is 3.54. The van der Waals surface area contributed by atoms with E-state index in [-0.39, 0.29) is 12.4 Å². The Morgan fingerprint density at radius 3 is 2.20 bits per heavy atom. The molecule has 2 aromatic heterocycles. The van der Waals surface area contributed by atoms with Crippen molar-refractivity contribution in [3.63, 3.8) is 0 Å². The molecule has 3 rings (SSSR count). The van der Waals surface area contributed by atoms with Crippen molar-refractivity contribution in [2.45, 2.75) is 6.54 Å². The van der Waals surface area contributed by atoms with Crippen molar-refractivity contribution >= 4 is 12.4 Å². The highest BCUT2D eigenvalue weighted by atomic mass is 35.5. The Balaban J connectivity index is 0.00000225. The number of nitrogens with zero attached hydrogens (tertiary/aromatic N) is 2. The van der Waals surface area contributed by atoms with Crippen LogP contribution >= 0.6 is 12.4 Å². The van der Waals surface area contributed by atoms with Crippen LogP contribution < -0.4 is 19.9 Å². The quantitative estimate of drug-likeness (QED) is 0.708. The molecule has 25 heavy (non-hydrogen) atoms. The fourth-order valence-electron chi connectivity index (χ4n) is 2.27. The van der Waals surface area contributed by atoms with Crippen molar-refractivity contribution in [2.75, 3.05) is 21.3 Å². The van der Waals surface area contributed by atoms with E-state index in [9.17, 15) is 0 Å².